The maximum absolute atomic E-state index is 10.5. The lowest BCUT2D eigenvalue weighted by Crippen LogP contribution is -1.96. The monoisotopic (exact) mass is 327 g/mol. The van der Waals surface area contributed by atoms with Gasteiger partial charge in [0.05, 0.1) is 10.6 Å². The fraction of sp³-hybridized carbons (Fsp3) is 0. The smallest absolute Gasteiger partial charge is 0.271 e. The molecule has 0 amide bonds. The SMILES string of the molecule is O=[N+]([O-])c1cccc(N/N=C(\Cl)C(Cl)=C(Cl)Cl)c1. The average molecular weight is 329 g/mol. The van der Waals surface area contributed by atoms with Gasteiger partial charge in [-0.3, -0.25) is 15.5 Å². The quantitative estimate of drug-likeness (QED) is 0.504. The van der Waals surface area contributed by atoms with Crippen molar-refractivity contribution in [1.29, 1.82) is 0 Å². The summed E-state index contributed by atoms with van der Waals surface area (Å²) in [6, 6.07) is 5.70. The molecule has 0 aliphatic heterocycles. The number of hydrazone groups is 1. The van der Waals surface area contributed by atoms with E-state index in [2.05, 4.69) is 10.5 Å². The van der Waals surface area contributed by atoms with Crippen molar-refractivity contribution in [1.82, 2.24) is 0 Å². The summed E-state index contributed by atoms with van der Waals surface area (Å²) < 4.78 is -0.230. The Kier molecular flexibility index (Phi) is 5.68. The topological polar surface area (TPSA) is 67.5 Å². The van der Waals surface area contributed by atoms with Crippen LogP contribution in [-0.4, -0.2) is 10.1 Å². The number of benzene rings is 1. The Morgan fingerprint density at radius 2 is 1.94 bits per heavy atom. The van der Waals surface area contributed by atoms with Gasteiger partial charge in [-0.15, -0.1) is 0 Å². The first-order valence-corrected chi connectivity index (χ1v) is 5.88. The lowest BCUT2D eigenvalue weighted by molar-refractivity contribution is -0.384. The molecule has 0 radical (unpaired) electrons. The zero-order valence-electron chi connectivity index (χ0n) is 8.53. The summed E-state index contributed by atoms with van der Waals surface area (Å²) in [5, 5.41) is 13.9. The van der Waals surface area contributed by atoms with Crippen LogP contribution in [0.3, 0.4) is 0 Å². The minimum Gasteiger partial charge on any atom is -0.277 e. The predicted octanol–water partition coefficient (Wildman–Crippen LogP) is 4.44. The molecule has 1 rings (SSSR count). The summed E-state index contributed by atoms with van der Waals surface area (Å²) in [5.41, 5.74) is 2.78. The second kappa shape index (κ2) is 6.80. The molecule has 0 aromatic heterocycles. The number of nitrogens with one attached hydrogen (secondary N) is 1. The van der Waals surface area contributed by atoms with Crippen molar-refractivity contribution in [2.75, 3.05) is 5.43 Å². The molecular formula is C9H5Cl4N3O2. The first kappa shape index (κ1) is 15.0. The van der Waals surface area contributed by atoms with Crippen LogP contribution in [0.15, 0.2) is 38.9 Å². The maximum Gasteiger partial charge on any atom is 0.271 e. The summed E-state index contributed by atoms with van der Waals surface area (Å²) in [4.78, 5) is 10.0. The molecule has 5 nitrogen and oxygen atoms in total. The predicted molar refractivity (Wildman–Crippen MR) is 74.6 cm³/mol. The number of nitro benzene ring substituents is 1. The van der Waals surface area contributed by atoms with E-state index < -0.39 is 4.92 Å². The summed E-state index contributed by atoms with van der Waals surface area (Å²) in [5.74, 6) is 0. The zero-order chi connectivity index (χ0) is 13.7. The number of anilines is 1. The standard InChI is InChI=1S/C9H5Cl4N3O2/c10-7(8(11)12)9(13)15-14-5-2-1-3-6(4-5)16(17)18/h1-4,14H/b15-9-. The van der Waals surface area contributed by atoms with Gasteiger partial charge in [0.15, 0.2) is 5.17 Å². The van der Waals surface area contributed by atoms with Gasteiger partial charge < -0.3 is 0 Å². The molecule has 9 heteroatoms. The molecule has 1 aromatic carbocycles. The van der Waals surface area contributed by atoms with Gasteiger partial charge in [-0.05, 0) is 6.07 Å². The Morgan fingerprint density at radius 3 is 2.50 bits per heavy atom. The Hall–Kier alpha value is -1.01. The molecular weight excluding hydrogens is 324 g/mol. The van der Waals surface area contributed by atoms with Crippen molar-refractivity contribution in [3.8, 4) is 0 Å². The number of halogens is 4. The van der Waals surface area contributed by atoms with E-state index in [9.17, 15) is 10.1 Å². The van der Waals surface area contributed by atoms with Crippen LogP contribution in [0.1, 0.15) is 0 Å². The van der Waals surface area contributed by atoms with Crippen molar-refractivity contribution in [3.05, 3.63) is 43.9 Å². The van der Waals surface area contributed by atoms with Crippen LogP contribution in [0.25, 0.3) is 0 Å². The molecule has 0 aliphatic carbocycles. The van der Waals surface area contributed by atoms with Gasteiger partial charge in [0, 0.05) is 12.1 Å². The van der Waals surface area contributed by atoms with E-state index in [1.165, 1.54) is 18.2 Å². The van der Waals surface area contributed by atoms with E-state index in [1.54, 1.807) is 6.07 Å². The molecule has 0 atom stereocenters. The van der Waals surface area contributed by atoms with Crippen molar-refractivity contribution in [3.63, 3.8) is 0 Å². The lowest BCUT2D eigenvalue weighted by atomic mass is 10.3. The fourth-order valence-electron chi connectivity index (χ4n) is 0.930. The van der Waals surface area contributed by atoms with Crippen LogP contribution in [-0.2, 0) is 0 Å². The second-order valence-electron chi connectivity index (χ2n) is 2.90. The highest BCUT2D eigenvalue weighted by atomic mass is 35.5. The third-order valence-electron chi connectivity index (χ3n) is 1.69. The van der Waals surface area contributed by atoms with E-state index >= 15 is 0 Å². The molecule has 1 N–H and O–H groups in total. The molecule has 0 saturated carbocycles. The second-order valence-corrected chi connectivity index (χ2v) is 4.58. The fourth-order valence-corrected chi connectivity index (χ4v) is 1.38. The maximum atomic E-state index is 10.5. The van der Waals surface area contributed by atoms with E-state index in [4.69, 9.17) is 46.4 Å². The van der Waals surface area contributed by atoms with Gasteiger partial charge in [-0.1, -0.05) is 52.5 Å². The molecule has 0 unspecified atom stereocenters. The van der Waals surface area contributed by atoms with Crippen molar-refractivity contribution >= 4 is 62.9 Å². The van der Waals surface area contributed by atoms with Crippen molar-refractivity contribution in [2.24, 2.45) is 5.10 Å². The molecule has 18 heavy (non-hydrogen) atoms. The van der Waals surface area contributed by atoms with Crippen LogP contribution in [0.5, 0.6) is 0 Å². The molecule has 96 valence electrons. The number of allylic oxidation sites excluding steroid dienone is 1. The van der Waals surface area contributed by atoms with Crippen molar-refractivity contribution < 1.29 is 4.92 Å². The first-order valence-electron chi connectivity index (χ1n) is 4.36. The molecule has 0 saturated heterocycles. The van der Waals surface area contributed by atoms with Gasteiger partial charge >= 0.3 is 0 Å². The van der Waals surface area contributed by atoms with Crippen LogP contribution in [0.2, 0.25) is 0 Å². The Labute approximate surface area is 122 Å². The van der Waals surface area contributed by atoms with Gasteiger partial charge in [0.2, 0.25) is 0 Å². The van der Waals surface area contributed by atoms with Crippen LogP contribution < -0.4 is 5.43 Å². The highest BCUT2D eigenvalue weighted by molar-refractivity contribution is 6.79. The third-order valence-corrected chi connectivity index (χ3v) is 3.00. The Bertz CT molecular complexity index is 526. The number of hydrogen-bond donors (Lipinski definition) is 1. The Balaban J connectivity index is 2.87. The van der Waals surface area contributed by atoms with Crippen LogP contribution in [0, 0.1) is 10.1 Å². The van der Waals surface area contributed by atoms with Gasteiger partial charge in [0.1, 0.15) is 9.52 Å². The first-order chi connectivity index (χ1) is 8.41. The van der Waals surface area contributed by atoms with E-state index in [0.717, 1.165) is 0 Å². The number of non-ortho nitro benzene ring substituents is 1. The van der Waals surface area contributed by atoms with Crippen LogP contribution >= 0.6 is 46.4 Å². The van der Waals surface area contributed by atoms with Gasteiger partial charge in [-0.25, -0.2) is 0 Å². The van der Waals surface area contributed by atoms with E-state index in [1.807, 2.05) is 0 Å². The molecule has 0 heterocycles. The minimum atomic E-state index is -0.529. The molecule has 1 aromatic rings. The summed E-state index contributed by atoms with van der Waals surface area (Å²) >= 11 is 22.1. The number of rotatable bonds is 4. The molecule has 0 fully saturated rings. The minimum absolute atomic E-state index is 0.0802. The summed E-state index contributed by atoms with van der Waals surface area (Å²) in [6.45, 7) is 0. The van der Waals surface area contributed by atoms with Crippen molar-refractivity contribution in [2.45, 2.75) is 0 Å². The largest absolute Gasteiger partial charge is 0.277 e. The number of hydrogen-bond acceptors (Lipinski definition) is 4. The normalized spacial score (nSPS) is 11.0. The molecule has 0 spiro atoms. The number of nitrogens with zero attached hydrogens (tertiary/aromatic N) is 2. The van der Waals surface area contributed by atoms with E-state index in [0.29, 0.717) is 5.69 Å². The molecule has 0 bridgehead atoms. The van der Waals surface area contributed by atoms with Gasteiger partial charge in [0.25, 0.3) is 5.69 Å². The Morgan fingerprint density at radius 1 is 1.28 bits per heavy atom. The summed E-state index contributed by atoms with van der Waals surface area (Å²) in [6.07, 6.45) is 0. The average Bonchev–Trinajstić information content (AvgIpc) is 2.35. The lowest BCUT2D eigenvalue weighted by Gasteiger charge is -2.01. The summed E-state index contributed by atoms with van der Waals surface area (Å²) in [7, 11) is 0. The number of nitro groups is 1. The van der Waals surface area contributed by atoms with Gasteiger partial charge in [-0.2, -0.15) is 5.10 Å². The van der Waals surface area contributed by atoms with Crippen LogP contribution in [0.4, 0.5) is 11.4 Å². The highest BCUT2D eigenvalue weighted by Gasteiger charge is 2.07. The highest BCUT2D eigenvalue weighted by Crippen LogP contribution is 2.22. The third kappa shape index (κ3) is 4.34. The van der Waals surface area contributed by atoms with E-state index in [-0.39, 0.29) is 20.4 Å². The molecule has 0 aliphatic rings. The zero-order valence-corrected chi connectivity index (χ0v) is 11.6.